The second-order valence-electron chi connectivity index (χ2n) is 7.06. The molecule has 0 unspecified atom stereocenters. The molecule has 3 heterocycles. The molecule has 138 valence electrons. The Morgan fingerprint density at radius 1 is 0.731 bits per heavy atom. The van der Waals surface area contributed by atoms with Crippen molar-refractivity contribution in [3.05, 3.63) is 34.9 Å². The summed E-state index contributed by atoms with van der Waals surface area (Å²) in [6, 6.07) is 5.69. The van der Waals surface area contributed by atoms with Gasteiger partial charge in [-0.15, -0.1) is 0 Å². The maximum Gasteiger partial charge on any atom is 0.312 e. The number of fused-ring (bicyclic) bond motifs is 1. The highest BCUT2D eigenvalue weighted by Crippen LogP contribution is 2.22. The molecule has 0 N–H and O–H groups in total. The number of carbonyl (C=O) groups is 3. The quantitative estimate of drug-likeness (QED) is 0.691. The molecule has 0 atom stereocenters. The number of benzene rings is 1. The fourth-order valence-corrected chi connectivity index (χ4v) is 3.79. The Labute approximate surface area is 152 Å². The predicted octanol–water partition coefficient (Wildman–Crippen LogP) is 0.624. The molecule has 26 heavy (non-hydrogen) atoms. The first kappa shape index (κ1) is 17.0. The van der Waals surface area contributed by atoms with Crippen LogP contribution in [0.2, 0.25) is 0 Å². The molecule has 1 aromatic rings. The molecular formula is C19H23N3O4. The van der Waals surface area contributed by atoms with Gasteiger partial charge in [-0.3, -0.25) is 14.4 Å². The van der Waals surface area contributed by atoms with Crippen molar-refractivity contribution in [2.45, 2.75) is 26.1 Å². The molecule has 3 aliphatic rings. The summed E-state index contributed by atoms with van der Waals surface area (Å²) < 4.78 is 5.40. The number of carbonyl (C=O) groups excluding carboxylic acids is 3. The molecule has 3 amide bonds. The van der Waals surface area contributed by atoms with E-state index in [1.165, 1.54) is 0 Å². The van der Waals surface area contributed by atoms with Gasteiger partial charge in [-0.05, 0) is 36.1 Å². The molecule has 2 fully saturated rings. The van der Waals surface area contributed by atoms with Crippen LogP contribution in [0, 0.1) is 0 Å². The largest absolute Gasteiger partial charge is 0.372 e. The molecule has 0 radical (unpaired) electrons. The summed E-state index contributed by atoms with van der Waals surface area (Å²) in [5, 5.41) is 0. The molecule has 2 saturated heterocycles. The maximum atomic E-state index is 12.7. The first-order valence-electron chi connectivity index (χ1n) is 9.20. The number of likely N-dealkylation sites (tertiary alicyclic amines) is 1. The molecule has 1 aromatic carbocycles. The molecule has 7 nitrogen and oxygen atoms in total. The van der Waals surface area contributed by atoms with E-state index in [0.717, 1.165) is 24.0 Å². The van der Waals surface area contributed by atoms with Gasteiger partial charge in [0.05, 0.1) is 13.2 Å². The highest BCUT2D eigenvalue weighted by atomic mass is 16.5. The van der Waals surface area contributed by atoms with E-state index < -0.39 is 11.8 Å². The Morgan fingerprint density at radius 2 is 1.31 bits per heavy atom. The second-order valence-corrected chi connectivity index (χ2v) is 7.06. The van der Waals surface area contributed by atoms with Gasteiger partial charge in [0.15, 0.2) is 0 Å². The van der Waals surface area contributed by atoms with Crippen LogP contribution in [0.25, 0.3) is 0 Å². The van der Waals surface area contributed by atoms with E-state index in [1.807, 2.05) is 18.2 Å². The number of ether oxygens (including phenoxy) is 1. The third-order valence-electron chi connectivity index (χ3n) is 5.40. The van der Waals surface area contributed by atoms with E-state index in [9.17, 15) is 14.4 Å². The van der Waals surface area contributed by atoms with Gasteiger partial charge in [-0.1, -0.05) is 6.07 Å². The fraction of sp³-hybridized carbons (Fsp3) is 0.526. The molecule has 0 saturated carbocycles. The normalized spacial score (nSPS) is 19.6. The molecule has 0 aliphatic carbocycles. The fourth-order valence-electron chi connectivity index (χ4n) is 3.79. The summed E-state index contributed by atoms with van der Waals surface area (Å²) in [5.74, 6) is -0.868. The first-order valence-corrected chi connectivity index (χ1v) is 9.20. The lowest BCUT2D eigenvalue weighted by molar-refractivity contribution is -0.152. The monoisotopic (exact) mass is 357 g/mol. The summed E-state index contributed by atoms with van der Waals surface area (Å²) >= 11 is 0. The van der Waals surface area contributed by atoms with Crippen molar-refractivity contribution in [1.82, 2.24) is 14.7 Å². The average molecular weight is 357 g/mol. The third-order valence-corrected chi connectivity index (χ3v) is 5.40. The highest BCUT2D eigenvalue weighted by Gasteiger charge is 2.32. The minimum absolute atomic E-state index is 0.0299. The van der Waals surface area contributed by atoms with E-state index in [0.29, 0.717) is 58.0 Å². The van der Waals surface area contributed by atoms with Crippen LogP contribution < -0.4 is 0 Å². The summed E-state index contributed by atoms with van der Waals surface area (Å²) in [6.07, 6.45) is 1.93. The number of piperazine rings is 1. The van der Waals surface area contributed by atoms with E-state index in [1.54, 1.807) is 14.7 Å². The van der Waals surface area contributed by atoms with Crippen LogP contribution in [-0.4, -0.2) is 71.7 Å². The molecule has 0 aromatic heterocycles. The van der Waals surface area contributed by atoms with E-state index in [2.05, 4.69) is 0 Å². The summed E-state index contributed by atoms with van der Waals surface area (Å²) in [5.41, 5.74) is 2.86. The van der Waals surface area contributed by atoms with E-state index >= 15 is 0 Å². The number of rotatable bonds is 1. The van der Waals surface area contributed by atoms with Crippen molar-refractivity contribution in [2.24, 2.45) is 0 Å². The number of hydrogen-bond acceptors (Lipinski definition) is 4. The predicted molar refractivity (Wildman–Crippen MR) is 93.2 cm³/mol. The van der Waals surface area contributed by atoms with Crippen molar-refractivity contribution in [3.8, 4) is 0 Å². The van der Waals surface area contributed by atoms with Crippen molar-refractivity contribution < 1.29 is 19.1 Å². The summed E-state index contributed by atoms with van der Waals surface area (Å²) in [4.78, 5) is 42.3. The topological polar surface area (TPSA) is 70.2 Å². The van der Waals surface area contributed by atoms with Crippen LogP contribution in [0.5, 0.6) is 0 Å². The van der Waals surface area contributed by atoms with Gasteiger partial charge < -0.3 is 19.4 Å². The van der Waals surface area contributed by atoms with Crippen LogP contribution in [0.15, 0.2) is 18.2 Å². The zero-order valence-corrected chi connectivity index (χ0v) is 14.8. The third kappa shape index (κ3) is 3.19. The lowest BCUT2D eigenvalue weighted by Crippen LogP contribution is -2.54. The van der Waals surface area contributed by atoms with Crippen LogP contribution in [0.1, 0.15) is 34.3 Å². The Bertz CT molecular complexity index is 734. The van der Waals surface area contributed by atoms with Crippen molar-refractivity contribution in [3.63, 3.8) is 0 Å². The van der Waals surface area contributed by atoms with Crippen LogP contribution in [-0.2, 0) is 27.5 Å². The van der Waals surface area contributed by atoms with Gasteiger partial charge in [0.2, 0.25) is 0 Å². The second kappa shape index (κ2) is 7.07. The Kier molecular flexibility index (Phi) is 4.63. The zero-order chi connectivity index (χ0) is 18.1. The van der Waals surface area contributed by atoms with Gasteiger partial charge >= 0.3 is 11.8 Å². The van der Waals surface area contributed by atoms with Crippen molar-refractivity contribution >= 4 is 17.7 Å². The van der Waals surface area contributed by atoms with Gasteiger partial charge in [0, 0.05) is 44.8 Å². The lowest BCUT2D eigenvalue weighted by Gasteiger charge is -2.35. The number of nitrogens with zero attached hydrogens (tertiary/aromatic N) is 3. The van der Waals surface area contributed by atoms with Gasteiger partial charge in [-0.25, -0.2) is 0 Å². The number of amides is 3. The van der Waals surface area contributed by atoms with E-state index in [4.69, 9.17) is 4.74 Å². The van der Waals surface area contributed by atoms with Crippen LogP contribution in [0.3, 0.4) is 0 Å². The maximum absolute atomic E-state index is 12.7. The van der Waals surface area contributed by atoms with Gasteiger partial charge in [-0.2, -0.15) is 0 Å². The smallest absolute Gasteiger partial charge is 0.312 e. The summed E-state index contributed by atoms with van der Waals surface area (Å²) in [6.45, 7) is 4.20. The van der Waals surface area contributed by atoms with Gasteiger partial charge in [0.25, 0.3) is 5.91 Å². The minimum Gasteiger partial charge on any atom is -0.372 e. The minimum atomic E-state index is -0.436. The van der Waals surface area contributed by atoms with E-state index in [-0.39, 0.29) is 5.91 Å². The SMILES string of the molecule is O=C(C(=O)N1CCN(C(=O)c2ccc3c(c2)COC3)CC1)N1CCCC1. The molecule has 0 bridgehead atoms. The zero-order valence-electron chi connectivity index (χ0n) is 14.8. The van der Waals surface area contributed by atoms with Crippen LogP contribution >= 0.6 is 0 Å². The lowest BCUT2D eigenvalue weighted by atomic mass is 10.1. The molecule has 4 rings (SSSR count). The molecule has 0 spiro atoms. The standard InChI is InChI=1S/C19H23N3O4/c23-17(14-3-4-15-12-26-13-16(15)11-14)21-7-9-22(10-8-21)19(25)18(24)20-5-1-2-6-20/h3-4,11H,1-2,5-10,12-13H2. The Hall–Kier alpha value is -2.41. The van der Waals surface area contributed by atoms with Crippen molar-refractivity contribution in [1.29, 1.82) is 0 Å². The molecule has 7 heteroatoms. The van der Waals surface area contributed by atoms with Crippen LogP contribution in [0.4, 0.5) is 0 Å². The summed E-state index contributed by atoms with van der Waals surface area (Å²) in [7, 11) is 0. The first-order chi connectivity index (χ1) is 12.6. The molecule has 3 aliphatic heterocycles. The Morgan fingerprint density at radius 3 is 2.00 bits per heavy atom. The van der Waals surface area contributed by atoms with Crippen molar-refractivity contribution in [2.75, 3.05) is 39.3 Å². The van der Waals surface area contributed by atoms with Gasteiger partial charge in [0.1, 0.15) is 0 Å². The highest BCUT2D eigenvalue weighted by molar-refractivity contribution is 6.35. The number of hydrogen-bond donors (Lipinski definition) is 0. The average Bonchev–Trinajstić information content (AvgIpc) is 3.37. The Balaban J connectivity index is 1.35. The molecular weight excluding hydrogens is 334 g/mol.